The zero-order valence-electron chi connectivity index (χ0n) is 10.6. The average Bonchev–Trinajstić information content (AvgIpc) is 2.43. The zero-order valence-corrected chi connectivity index (χ0v) is 10.6. The van der Waals surface area contributed by atoms with Crippen molar-refractivity contribution in [3.05, 3.63) is 41.7 Å². The Morgan fingerprint density at radius 1 is 1.26 bits per heavy atom. The van der Waals surface area contributed by atoms with Crippen LogP contribution >= 0.6 is 0 Å². The molecule has 1 N–H and O–H groups in total. The Bertz CT molecular complexity index is 590. The molecule has 1 aromatic heterocycles. The molecule has 2 aromatic rings. The van der Waals surface area contributed by atoms with E-state index in [1.807, 2.05) is 6.92 Å². The monoisotopic (exact) mass is 265 g/mol. The quantitative estimate of drug-likeness (QED) is 0.922. The maximum absolute atomic E-state index is 13.5. The summed E-state index contributed by atoms with van der Waals surface area (Å²) in [5, 5.41) is 2.90. The molecule has 0 saturated heterocycles. The van der Waals surface area contributed by atoms with E-state index in [1.54, 1.807) is 7.05 Å². The molecule has 100 valence electrons. The largest absolute Gasteiger partial charge is 0.435 e. The molecule has 0 radical (unpaired) electrons. The Hall–Kier alpha value is -2.24. The van der Waals surface area contributed by atoms with Gasteiger partial charge < -0.3 is 10.1 Å². The number of hydrogen-bond donors (Lipinski definition) is 1. The van der Waals surface area contributed by atoms with Gasteiger partial charge in [-0.25, -0.2) is 14.4 Å². The Balaban J connectivity index is 2.41. The fourth-order valence-corrected chi connectivity index (χ4v) is 1.69. The second kappa shape index (κ2) is 5.60. The zero-order chi connectivity index (χ0) is 13.8. The summed E-state index contributed by atoms with van der Waals surface area (Å²) in [5.41, 5.74) is 0.702. The van der Waals surface area contributed by atoms with Crippen molar-refractivity contribution >= 4 is 5.82 Å². The minimum atomic E-state index is -1.03. The van der Waals surface area contributed by atoms with Gasteiger partial charge in [0.05, 0.1) is 5.56 Å². The van der Waals surface area contributed by atoms with Crippen LogP contribution in [-0.4, -0.2) is 17.0 Å². The van der Waals surface area contributed by atoms with Crippen LogP contribution in [0.5, 0.6) is 11.6 Å². The van der Waals surface area contributed by atoms with E-state index in [0.717, 1.165) is 6.07 Å². The summed E-state index contributed by atoms with van der Waals surface area (Å²) in [6.45, 7) is 1.90. The number of anilines is 1. The van der Waals surface area contributed by atoms with E-state index in [4.69, 9.17) is 4.74 Å². The number of rotatable bonds is 4. The Labute approximate surface area is 109 Å². The van der Waals surface area contributed by atoms with Gasteiger partial charge in [0.25, 0.3) is 0 Å². The highest BCUT2D eigenvalue weighted by atomic mass is 19.2. The lowest BCUT2D eigenvalue weighted by atomic mass is 10.2. The van der Waals surface area contributed by atoms with Crippen LogP contribution in [0.1, 0.15) is 12.5 Å². The molecule has 0 spiro atoms. The van der Waals surface area contributed by atoms with Crippen molar-refractivity contribution in [2.75, 3.05) is 12.4 Å². The summed E-state index contributed by atoms with van der Waals surface area (Å²) in [6, 6.07) is 3.75. The van der Waals surface area contributed by atoms with Crippen LogP contribution in [-0.2, 0) is 6.42 Å². The van der Waals surface area contributed by atoms with Crippen LogP contribution in [0.3, 0.4) is 0 Å². The lowest BCUT2D eigenvalue weighted by molar-refractivity contribution is 0.401. The first kappa shape index (κ1) is 13.2. The third-order valence-corrected chi connectivity index (χ3v) is 2.62. The van der Waals surface area contributed by atoms with Crippen molar-refractivity contribution in [3.8, 4) is 11.6 Å². The van der Waals surface area contributed by atoms with E-state index >= 15 is 0 Å². The van der Waals surface area contributed by atoms with Gasteiger partial charge in [-0.15, -0.1) is 0 Å². The molecule has 6 heteroatoms. The topological polar surface area (TPSA) is 47.0 Å². The molecular weight excluding hydrogens is 252 g/mol. The van der Waals surface area contributed by atoms with Crippen LogP contribution in [0, 0.1) is 11.6 Å². The maximum atomic E-state index is 13.5. The van der Waals surface area contributed by atoms with Crippen LogP contribution in [0.25, 0.3) is 0 Å². The molecule has 1 heterocycles. The van der Waals surface area contributed by atoms with Crippen LogP contribution in [0.2, 0.25) is 0 Å². The molecular formula is C13H13F2N3O. The molecule has 0 aliphatic heterocycles. The van der Waals surface area contributed by atoms with Gasteiger partial charge in [-0.1, -0.05) is 13.0 Å². The molecule has 0 bridgehead atoms. The van der Waals surface area contributed by atoms with Crippen molar-refractivity contribution in [2.24, 2.45) is 0 Å². The van der Waals surface area contributed by atoms with Gasteiger partial charge in [-0.2, -0.15) is 4.39 Å². The van der Waals surface area contributed by atoms with Gasteiger partial charge in [0, 0.05) is 7.05 Å². The molecule has 19 heavy (non-hydrogen) atoms. The van der Waals surface area contributed by atoms with Gasteiger partial charge in [0.2, 0.25) is 11.7 Å². The fourth-order valence-electron chi connectivity index (χ4n) is 1.69. The third kappa shape index (κ3) is 2.62. The lowest BCUT2D eigenvalue weighted by Crippen LogP contribution is -2.03. The third-order valence-electron chi connectivity index (χ3n) is 2.62. The summed E-state index contributed by atoms with van der Waals surface area (Å²) < 4.78 is 32.0. The molecule has 4 nitrogen and oxygen atoms in total. The summed E-state index contributed by atoms with van der Waals surface area (Å²) in [7, 11) is 1.72. The lowest BCUT2D eigenvalue weighted by Gasteiger charge is -2.12. The number of nitrogens with zero attached hydrogens (tertiary/aromatic N) is 2. The highest BCUT2D eigenvalue weighted by Crippen LogP contribution is 2.29. The first-order valence-electron chi connectivity index (χ1n) is 5.80. The minimum Gasteiger partial charge on any atom is -0.435 e. The molecule has 0 unspecified atom stereocenters. The second-order valence-corrected chi connectivity index (χ2v) is 3.76. The number of ether oxygens (including phenoxy) is 1. The van der Waals surface area contributed by atoms with E-state index < -0.39 is 11.6 Å². The number of nitrogens with one attached hydrogen (secondary N) is 1. The van der Waals surface area contributed by atoms with Gasteiger partial charge >= 0.3 is 0 Å². The highest BCUT2D eigenvalue weighted by Gasteiger charge is 2.14. The molecule has 0 aliphatic rings. The summed E-state index contributed by atoms with van der Waals surface area (Å²) in [4.78, 5) is 8.00. The van der Waals surface area contributed by atoms with E-state index in [-0.39, 0.29) is 11.6 Å². The summed E-state index contributed by atoms with van der Waals surface area (Å²) in [5.74, 6) is -1.38. The summed E-state index contributed by atoms with van der Waals surface area (Å²) >= 11 is 0. The molecule has 0 saturated carbocycles. The van der Waals surface area contributed by atoms with E-state index in [1.165, 1.54) is 18.5 Å². The van der Waals surface area contributed by atoms with E-state index in [0.29, 0.717) is 17.8 Å². The molecule has 1 aromatic carbocycles. The maximum Gasteiger partial charge on any atom is 0.227 e. The molecule has 0 aliphatic carbocycles. The fraction of sp³-hybridized carbons (Fsp3) is 0.231. The predicted molar refractivity (Wildman–Crippen MR) is 67.4 cm³/mol. The molecule has 2 rings (SSSR count). The number of halogens is 2. The summed E-state index contributed by atoms with van der Waals surface area (Å²) in [6.07, 6.45) is 1.90. The second-order valence-electron chi connectivity index (χ2n) is 3.76. The van der Waals surface area contributed by atoms with Crippen molar-refractivity contribution in [2.45, 2.75) is 13.3 Å². The first-order valence-corrected chi connectivity index (χ1v) is 5.80. The standard InChI is InChI=1S/C13H13F2N3O/c1-3-8-12(16-2)17-7-18-13(8)19-10-6-4-5-9(14)11(10)15/h4-7H,3H2,1-2H3,(H,16,17,18). The Morgan fingerprint density at radius 2 is 2.05 bits per heavy atom. The van der Waals surface area contributed by atoms with Crippen LogP contribution in [0.4, 0.5) is 14.6 Å². The SMILES string of the molecule is CCc1c(NC)ncnc1Oc1cccc(F)c1F. The van der Waals surface area contributed by atoms with Crippen molar-refractivity contribution in [1.29, 1.82) is 0 Å². The number of aromatic nitrogens is 2. The van der Waals surface area contributed by atoms with Gasteiger partial charge in [0.1, 0.15) is 12.1 Å². The van der Waals surface area contributed by atoms with Crippen LogP contribution in [0.15, 0.2) is 24.5 Å². The van der Waals surface area contributed by atoms with Gasteiger partial charge in [-0.05, 0) is 18.6 Å². The van der Waals surface area contributed by atoms with E-state index in [2.05, 4.69) is 15.3 Å². The van der Waals surface area contributed by atoms with Crippen molar-refractivity contribution in [3.63, 3.8) is 0 Å². The van der Waals surface area contributed by atoms with E-state index in [9.17, 15) is 8.78 Å². The Morgan fingerprint density at radius 3 is 2.74 bits per heavy atom. The normalized spacial score (nSPS) is 10.3. The molecule has 0 atom stereocenters. The number of hydrogen-bond acceptors (Lipinski definition) is 4. The molecule has 0 fully saturated rings. The predicted octanol–water partition coefficient (Wildman–Crippen LogP) is 3.15. The van der Waals surface area contributed by atoms with Gasteiger partial charge in [0.15, 0.2) is 11.6 Å². The average molecular weight is 265 g/mol. The van der Waals surface area contributed by atoms with Crippen molar-refractivity contribution < 1.29 is 13.5 Å². The molecule has 0 amide bonds. The smallest absolute Gasteiger partial charge is 0.227 e. The first-order chi connectivity index (χ1) is 9.17. The Kier molecular flexibility index (Phi) is 3.89. The minimum absolute atomic E-state index is 0.199. The van der Waals surface area contributed by atoms with Crippen LogP contribution < -0.4 is 10.1 Å². The van der Waals surface area contributed by atoms with Crippen molar-refractivity contribution in [1.82, 2.24) is 9.97 Å². The highest BCUT2D eigenvalue weighted by molar-refractivity contribution is 5.49. The number of benzene rings is 1. The van der Waals surface area contributed by atoms with Gasteiger partial charge in [-0.3, -0.25) is 0 Å².